The van der Waals surface area contributed by atoms with E-state index in [1.807, 2.05) is 54.6 Å². The Balaban J connectivity index is 1.62. The molecular formula is C21H26N2O3. The quantitative estimate of drug-likeness (QED) is 0.802. The van der Waals surface area contributed by atoms with Crippen molar-refractivity contribution in [2.24, 2.45) is 5.41 Å². The first-order valence-corrected chi connectivity index (χ1v) is 9.02. The molecule has 0 saturated carbocycles. The summed E-state index contributed by atoms with van der Waals surface area (Å²) in [6.07, 6.45) is 1.59. The zero-order valence-corrected chi connectivity index (χ0v) is 15.2. The number of hydrogen-bond acceptors (Lipinski definition) is 4. The van der Waals surface area contributed by atoms with Crippen molar-refractivity contribution in [1.82, 2.24) is 10.6 Å². The number of hydrogen-bond donors (Lipinski definition) is 2. The molecule has 5 nitrogen and oxygen atoms in total. The number of benzene rings is 2. The van der Waals surface area contributed by atoms with Gasteiger partial charge in [-0.25, -0.2) is 0 Å². The van der Waals surface area contributed by atoms with Crippen molar-refractivity contribution >= 4 is 5.91 Å². The number of piperidine rings is 1. The minimum Gasteiger partial charge on any atom is -0.457 e. The molecule has 0 atom stereocenters. The molecule has 1 aliphatic heterocycles. The molecule has 1 amide bonds. The van der Waals surface area contributed by atoms with Crippen molar-refractivity contribution in [3.8, 4) is 11.5 Å². The van der Waals surface area contributed by atoms with E-state index in [1.165, 1.54) is 0 Å². The maximum Gasteiger partial charge on any atom is 0.228 e. The SMILES string of the molecule is COCC1(C(=O)NCc2cccc(Oc3ccccc3)c2)CCNCC1. The highest BCUT2D eigenvalue weighted by atomic mass is 16.5. The molecule has 3 rings (SSSR count). The molecule has 0 radical (unpaired) electrons. The Hall–Kier alpha value is -2.37. The molecular weight excluding hydrogens is 328 g/mol. The zero-order valence-electron chi connectivity index (χ0n) is 15.2. The number of para-hydroxylation sites is 1. The molecule has 0 aromatic heterocycles. The fraction of sp³-hybridized carbons (Fsp3) is 0.381. The zero-order chi connectivity index (χ0) is 18.2. The molecule has 1 aliphatic rings. The third-order valence-electron chi connectivity index (χ3n) is 4.79. The Morgan fingerprint density at radius 2 is 1.81 bits per heavy atom. The van der Waals surface area contributed by atoms with Gasteiger partial charge in [0, 0.05) is 13.7 Å². The normalized spacial score (nSPS) is 16.0. The molecule has 1 fully saturated rings. The highest BCUT2D eigenvalue weighted by Gasteiger charge is 2.39. The van der Waals surface area contributed by atoms with Crippen LogP contribution in [-0.2, 0) is 16.1 Å². The summed E-state index contributed by atoms with van der Waals surface area (Å²) in [6.45, 7) is 2.62. The van der Waals surface area contributed by atoms with Crippen LogP contribution in [0.5, 0.6) is 11.5 Å². The Kier molecular flexibility index (Phi) is 6.26. The molecule has 0 aliphatic carbocycles. The highest BCUT2D eigenvalue weighted by molar-refractivity contribution is 5.83. The number of amides is 1. The molecule has 5 heteroatoms. The second kappa shape index (κ2) is 8.83. The average molecular weight is 354 g/mol. The van der Waals surface area contributed by atoms with Crippen LogP contribution in [0.15, 0.2) is 54.6 Å². The summed E-state index contributed by atoms with van der Waals surface area (Å²) < 4.78 is 11.2. The topological polar surface area (TPSA) is 59.6 Å². The molecule has 2 aromatic rings. The lowest BCUT2D eigenvalue weighted by molar-refractivity contribution is -0.136. The first kappa shape index (κ1) is 18.4. The van der Waals surface area contributed by atoms with Crippen molar-refractivity contribution in [3.63, 3.8) is 0 Å². The van der Waals surface area contributed by atoms with Crippen LogP contribution in [0.2, 0.25) is 0 Å². The average Bonchev–Trinajstić information content (AvgIpc) is 2.68. The molecule has 2 aromatic carbocycles. The van der Waals surface area contributed by atoms with Crippen molar-refractivity contribution < 1.29 is 14.3 Å². The van der Waals surface area contributed by atoms with Crippen LogP contribution in [0.25, 0.3) is 0 Å². The molecule has 1 heterocycles. The number of carbonyl (C=O) groups is 1. The van der Waals surface area contributed by atoms with Gasteiger partial charge < -0.3 is 20.1 Å². The number of ether oxygens (including phenoxy) is 2. The summed E-state index contributed by atoms with van der Waals surface area (Å²) in [5.41, 5.74) is 0.575. The van der Waals surface area contributed by atoms with E-state index >= 15 is 0 Å². The smallest absolute Gasteiger partial charge is 0.228 e. The fourth-order valence-electron chi connectivity index (χ4n) is 3.33. The summed E-state index contributed by atoms with van der Waals surface area (Å²) in [6, 6.07) is 17.5. The first-order valence-electron chi connectivity index (χ1n) is 9.02. The Morgan fingerprint density at radius 3 is 2.54 bits per heavy atom. The van der Waals surface area contributed by atoms with Crippen LogP contribution in [0.3, 0.4) is 0 Å². The minimum absolute atomic E-state index is 0.0650. The van der Waals surface area contributed by atoms with E-state index in [9.17, 15) is 4.79 Å². The van der Waals surface area contributed by atoms with Crippen LogP contribution in [-0.4, -0.2) is 32.7 Å². The van der Waals surface area contributed by atoms with Crippen LogP contribution >= 0.6 is 0 Å². The molecule has 2 N–H and O–H groups in total. The van der Waals surface area contributed by atoms with Crippen LogP contribution in [0.1, 0.15) is 18.4 Å². The predicted octanol–water partition coefficient (Wildman–Crippen LogP) is 3.11. The number of nitrogens with one attached hydrogen (secondary N) is 2. The van der Waals surface area contributed by atoms with Crippen molar-refractivity contribution in [2.75, 3.05) is 26.8 Å². The summed E-state index contributed by atoms with van der Waals surface area (Å²) in [5.74, 6) is 1.62. The summed E-state index contributed by atoms with van der Waals surface area (Å²) in [5, 5.41) is 6.39. The lowest BCUT2D eigenvalue weighted by atomic mass is 9.78. The monoisotopic (exact) mass is 354 g/mol. The van der Waals surface area contributed by atoms with E-state index in [4.69, 9.17) is 9.47 Å². The third-order valence-corrected chi connectivity index (χ3v) is 4.79. The van der Waals surface area contributed by atoms with Crippen molar-refractivity contribution in [1.29, 1.82) is 0 Å². The second-order valence-corrected chi connectivity index (χ2v) is 6.71. The summed E-state index contributed by atoms with van der Waals surface area (Å²) in [7, 11) is 1.65. The van der Waals surface area contributed by atoms with Gasteiger partial charge in [0.25, 0.3) is 0 Å². The van der Waals surface area contributed by atoms with Crippen molar-refractivity contribution in [3.05, 3.63) is 60.2 Å². The van der Waals surface area contributed by atoms with Gasteiger partial charge in [-0.15, -0.1) is 0 Å². The molecule has 138 valence electrons. The van der Waals surface area contributed by atoms with Gasteiger partial charge in [0.05, 0.1) is 12.0 Å². The van der Waals surface area contributed by atoms with E-state index in [1.54, 1.807) is 7.11 Å². The van der Waals surface area contributed by atoms with E-state index < -0.39 is 5.41 Å². The minimum atomic E-state index is -0.432. The van der Waals surface area contributed by atoms with Gasteiger partial charge in [0.2, 0.25) is 5.91 Å². The maximum absolute atomic E-state index is 12.8. The molecule has 0 unspecified atom stereocenters. The molecule has 1 saturated heterocycles. The van der Waals surface area contributed by atoms with Gasteiger partial charge in [0.15, 0.2) is 0 Å². The highest BCUT2D eigenvalue weighted by Crippen LogP contribution is 2.29. The summed E-state index contributed by atoms with van der Waals surface area (Å²) >= 11 is 0. The van der Waals surface area contributed by atoms with Gasteiger partial charge in [-0.3, -0.25) is 4.79 Å². The maximum atomic E-state index is 12.8. The first-order chi connectivity index (χ1) is 12.7. The van der Waals surface area contributed by atoms with Gasteiger partial charge >= 0.3 is 0 Å². The lowest BCUT2D eigenvalue weighted by Gasteiger charge is -2.35. The van der Waals surface area contributed by atoms with E-state index in [0.717, 1.165) is 43.0 Å². The molecule has 0 spiro atoms. The number of carbonyl (C=O) groups excluding carboxylic acids is 1. The Labute approximate surface area is 154 Å². The van der Waals surface area contributed by atoms with Crippen LogP contribution < -0.4 is 15.4 Å². The van der Waals surface area contributed by atoms with E-state index in [2.05, 4.69) is 10.6 Å². The number of methoxy groups -OCH3 is 1. The predicted molar refractivity (Wildman–Crippen MR) is 101 cm³/mol. The van der Waals surface area contributed by atoms with E-state index in [0.29, 0.717) is 13.2 Å². The number of rotatable bonds is 7. The summed E-state index contributed by atoms with van der Waals surface area (Å²) in [4.78, 5) is 12.8. The van der Waals surface area contributed by atoms with Gasteiger partial charge in [-0.05, 0) is 55.8 Å². The standard InChI is InChI=1S/C21H26N2O3/c1-25-16-21(10-12-22-13-11-21)20(24)23-15-17-6-5-9-19(14-17)26-18-7-3-2-4-8-18/h2-9,14,22H,10-13,15-16H2,1H3,(H,23,24). The van der Waals surface area contributed by atoms with Crippen molar-refractivity contribution in [2.45, 2.75) is 19.4 Å². The molecule has 26 heavy (non-hydrogen) atoms. The second-order valence-electron chi connectivity index (χ2n) is 6.71. The van der Waals surface area contributed by atoms with Gasteiger partial charge in [-0.1, -0.05) is 30.3 Å². The van der Waals surface area contributed by atoms with Crippen LogP contribution in [0.4, 0.5) is 0 Å². The molecule has 0 bridgehead atoms. The van der Waals surface area contributed by atoms with Gasteiger partial charge in [-0.2, -0.15) is 0 Å². The largest absolute Gasteiger partial charge is 0.457 e. The van der Waals surface area contributed by atoms with Gasteiger partial charge in [0.1, 0.15) is 11.5 Å². The fourth-order valence-corrected chi connectivity index (χ4v) is 3.33. The third kappa shape index (κ3) is 4.62. The Bertz CT molecular complexity index is 707. The Morgan fingerprint density at radius 1 is 1.08 bits per heavy atom. The van der Waals surface area contributed by atoms with Crippen LogP contribution in [0, 0.1) is 5.41 Å². The van der Waals surface area contributed by atoms with E-state index in [-0.39, 0.29) is 5.91 Å². The lowest BCUT2D eigenvalue weighted by Crippen LogP contribution is -2.49.